The molecule has 0 unspecified atom stereocenters. The molecular weight excluding hydrogens is 406 g/mol. The molecule has 0 atom stereocenters. The van der Waals surface area contributed by atoms with E-state index in [4.69, 9.17) is 11.5 Å². The minimum Gasteiger partial charge on any atom is -0.355 e. The first-order valence-corrected chi connectivity index (χ1v) is 12.8. The maximum Gasteiger partial charge on any atom is 0.233 e. The van der Waals surface area contributed by atoms with E-state index in [1.165, 1.54) is 57.8 Å². The van der Waals surface area contributed by atoms with Crippen LogP contribution in [0.1, 0.15) is 96.8 Å². The molecule has 0 aliphatic rings. The first-order valence-electron chi connectivity index (χ1n) is 12.8. The molecule has 0 bridgehead atoms. The van der Waals surface area contributed by atoms with E-state index in [1.807, 2.05) is 4.90 Å². The Labute approximate surface area is 195 Å². The van der Waals surface area contributed by atoms with Gasteiger partial charge < -0.3 is 27.0 Å². The van der Waals surface area contributed by atoms with Gasteiger partial charge in [-0.05, 0) is 19.3 Å². The lowest BCUT2D eigenvalue weighted by molar-refractivity contribution is -0.131. The molecule has 0 radical (unpaired) electrons. The largest absolute Gasteiger partial charge is 0.355 e. The van der Waals surface area contributed by atoms with Crippen molar-refractivity contribution in [1.82, 2.24) is 15.5 Å². The minimum absolute atomic E-state index is 0.0255. The van der Waals surface area contributed by atoms with Gasteiger partial charge in [0.15, 0.2) is 0 Å². The molecule has 0 fully saturated rings. The van der Waals surface area contributed by atoms with Gasteiger partial charge in [0.05, 0.1) is 13.1 Å². The van der Waals surface area contributed by atoms with Crippen LogP contribution in [-0.2, 0) is 14.4 Å². The molecule has 0 aliphatic heterocycles. The smallest absolute Gasteiger partial charge is 0.233 e. The van der Waals surface area contributed by atoms with Crippen molar-refractivity contribution in [2.75, 3.05) is 39.3 Å². The molecule has 8 heteroatoms. The van der Waals surface area contributed by atoms with Crippen molar-refractivity contribution in [2.45, 2.75) is 96.8 Å². The third kappa shape index (κ3) is 19.0. The van der Waals surface area contributed by atoms with Gasteiger partial charge in [-0.2, -0.15) is 0 Å². The summed E-state index contributed by atoms with van der Waals surface area (Å²) in [5, 5.41) is 5.47. The lowest BCUT2D eigenvalue weighted by Gasteiger charge is -2.23. The van der Waals surface area contributed by atoms with E-state index in [0.717, 1.165) is 12.8 Å². The predicted octanol–water partition coefficient (Wildman–Crippen LogP) is 2.45. The minimum atomic E-state index is -0.187. The highest BCUT2D eigenvalue weighted by Crippen LogP contribution is 2.12. The number of carbonyl (C=O) groups is 3. The van der Waals surface area contributed by atoms with Gasteiger partial charge in [-0.15, -0.1) is 0 Å². The van der Waals surface area contributed by atoms with E-state index in [2.05, 4.69) is 17.6 Å². The number of hydrogen-bond acceptors (Lipinski definition) is 5. The summed E-state index contributed by atoms with van der Waals surface area (Å²) in [7, 11) is 0. The predicted molar refractivity (Wildman–Crippen MR) is 131 cm³/mol. The second-order valence-electron chi connectivity index (χ2n) is 8.48. The van der Waals surface area contributed by atoms with E-state index in [1.54, 1.807) is 0 Å². The molecule has 0 aliphatic carbocycles. The molecule has 3 amide bonds. The van der Waals surface area contributed by atoms with E-state index in [9.17, 15) is 14.4 Å². The summed E-state index contributed by atoms with van der Waals surface area (Å²) in [6.07, 6.45) is 15.8. The topological polar surface area (TPSA) is 131 Å². The molecule has 0 heterocycles. The van der Waals surface area contributed by atoms with Crippen molar-refractivity contribution in [1.29, 1.82) is 0 Å². The Bertz CT molecular complexity index is 464. The molecule has 0 spiro atoms. The average Bonchev–Trinajstić information content (AvgIpc) is 2.80. The van der Waals surface area contributed by atoms with E-state index in [0.29, 0.717) is 45.4 Å². The van der Waals surface area contributed by atoms with Crippen molar-refractivity contribution in [3.05, 3.63) is 0 Å². The monoisotopic (exact) mass is 455 g/mol. The highest BCUT2D eigenvalue weighted by Gasteiger charge is 2.13. The Balaban J connectivity index is 4.04. The number of amides is 3. The zero-order valence-electron chi connectivity index (χ0n) is 20.5. The second-order valence-corrected chi connectivity index (χ2v) is 8.48. The van der Waals surface area contributed by atoms with Crippen LogP contribution >= 0.6 is 0 Å². The number of nitrogens with two attached hydrogens (primary N) is 2. The third-order valence-corrected chi connectivity index (χ3v) is 5.57. The number of hydrogen-bond donors (Lipinski definition) is 4. The van der Waals surface area contributed by atoms with Crippen molar-refractivity contribution in [3.8, 4) is 0 Å². The van der Waals surface area contributed by atoms with Crippen LogP contribution < -0.4 is 22.1 Å². The summed E-state index contributed by atoms with van der Waals surface area (Å²) in [5.41, 5.74) is 10.6. The van der Waals surface area contributed by atoms with Gasteiger partial charge in [0, 0.05) is 32.6 Å². The van der Waals surface area contributed by atoms with E-state index in [-0.39, 0.29) is 30.8 Å². The first-order chi connectivity index (χ1) is 15.5. The van der Waals surface area contributed by atoms with E-state index < -0.39 is 0 Å². The third-order valence-electron chi connectivity index (χ3n) is 5.57. The maximum absolute atomic E-state index is 12.7. The van der Waals surface area contributed by atoms with E-state index >= 15 is 0 Å². The number of carbonyl (C=O) groups excluding carboxylic acids is 3. The van der Waals surface area contributed by atoms with Crippen molar-refractivity contribution >= 4 is 17.7 Å². The molecule has 6 N–H and O–H groups in total. The Morgan fingerprint density at radius 2 is 1.03 bits per heavy atom. The van der Waals surface area contributed by atoms with Crippen LogP contribution in [0.2, 0.25) is 0 Å². The Hall–Kier alpha value is -1.67. The standard InChI is InChI=1S/C24H49N5O3/c1-2-3-4-5-6-7-8-9-10-11-12-15-24(32)29(18-13-16-27-22(30)20-25)19-14-17-28-23(31)21-26/h2-21,25-26H2,1H3,(H,27,30)(H,28,31). The molecule has 8 nitrogen and oxygen atoms in total. The zero-order valence-corrected chi connectivity index (χ0v) is 20.5. The number of nitrogens with zero attached hydrogens (tertiary/aromatic N) is 1. The van der Waals surface area contributed by atoms with Crippen LogP contribution in [0.4, 0.5) is 0 Å². The molecule has 32 heavy (non-hydrogen) atoms. The van der Waals surface area contributed by atoms with Crippen LogP contribution in [-0.4, -0.2) is 61.9 Å². The lowest BCUT2D eigenvalue weighted by Crippen LogP contribution is -2.38. The Morgan fingerprint density at radius 1 is 0.625 bits per heavy atom. The summed E-state index contributed by atoms with van der Waals surface area (Å²) in [5.74, 6) is -0.224. The summed E-state index contributed by atoms with van der Waals surface area (Å²) in [4.78, 5) is 37.0. The maximum atomic E-state index is 12.7. The van der Waals surface area contributed by atoms with Crippen LogP contribution in [0.25, 0.3) is 0 Å². The summed E-state index contributed by atoms with van der Waals surface area (Å²) in [6, 6.07) is 0. The number of unbranched alkanes of at least 4 members (excludes halogenated alkanes) is 10. The molecule has 0 aromatic carbocycles. The summed E-state index contributed by atoms with van der Waals surface area (Å²) in [6.45, 7) is 4.38. The molecular formula is C24H49N5O3. The first kappa shape index (κ1) is 30.3. The van der Waals surface area contributed by atoms with Crippen LogP contribution in [0.15, 0.2) is 0 Å². The normalized spacial score (nSPS) is 10.7. The SMILES string of the molecule is CCCCCCCCCCCCCC(=O)N(CCCNC(=O)CN)CCCNC(=O)CN. The van der Waals surface area contributed by atoms with Crippen LogP contribution in [0, 0.1) is 0 Å². The molecule has 188 valence electrons. The molecule has 0 aromatic heterocycles. The second kappa shape index (κ2) is 22.5. The van der Waals surface area contributed by atoms with Gasteiger partial charge >= 0.3 is 0 Å². The molecule has 0 saturated carbocycles. The summed E-state index contributed by atoms with van der Waals surface area (Å²) < 4.78 is 0. The zero-order chi connectivity index (χ0) is 23.9. The fourth-order valence-electron chi connectivity index (χ4n) is 3.60. The fourth-order valence-corrected chi connectivity index (χ4v) is 3.60. The highest BCUT2D eigenvalue weighted by molar-refractivity contribution is 5.78. The van der Waals surface area contributed by atoms with Gasteiger partial charge in [-0.25, -0.2) is 0 Å². The van der Waals surface area contributed by atoms with Crippen molar-refractivity contribution in [3.63, 3.8) is 0 Å². The fraction of sp³-hybridized carbons (Fsp3) is 0.875. The molecule has 0 rings (SSSR count). The van der Waals surface area contributed by atoms with Gasteiger partial charge in [0.25, 0.3) is 0 Å². The van der Waals surface area contributed by atoms with Gasteiger partial charge in [-0.1, -0.05) is 71.1 Å². The average molecular weight is 456 g/mol. The number of nitrogens with one attached hydrogen (secondary N) is 2. The Kier molecular flexibility index (Phi) is 21.3. The Morgan fingerprint density at radius 3 is 1.44 bits per heavy atom. The van der Waals surface area contributed by atoms with Crippen molar-refractivity contribution in [2.24, 2.45) is 11.5 Å². The van der Waals surface area contributed by atoms with Crippen molar-refractivity contribution < 1.29 is 14.4 Å². The van der Waals surface area contributed by atoms with Gasteiger partial charge in [-0.3, -0.25) is 14.4 Å². The van der Waals surface area contributed by atoms with Gasteiger partial charge in [0.2, 0.25) is 17.7 Å². The van der Waals surface area contributed by atoms with Crippen LogP contribution in [0.5, 0.6) is 0 Å². The quantitative estimate of drug-likeness (QED) is 0.186. The van der Waals surface area contributed by atoms with Gasteiger partial charge in [0.1, 0.15) is 0 Å². The number of rotatable bonds is 22. The molecule has 0 aromatic rings. The highest BCUT2D eigenvalue weighted by atomic mass is 16.2. The lowest BCUT2D eigenvalue weighted by atomic mass is 10.1. The van der Waals surface area contributed by atoms with Crippen LogP contribution in [0.3, 0.4) is 0 Å². The molecule has 0 saturated heterocycles. The summed E-state index contributed by atoms with van der Waals surface area (Å²) >= 11 is 0.